The molecule has 4 saturated carbocycles. The van der Waals surface area contributed by atoms with Gasteiger partial charge in [0, 0.05) is 0 Å². The molecule has 0 aliphatic heterocycles. The maximum absolute atomic E-state index is 14.4. The first-order valence-electron chi connectivity index (χ1n) is 13.4. The third-order valence-electron chi connectivity index (χ3n) is 9.00. The van der Waals surface area contributed by atoms with E-state index in [1.54, 1.807) is 0 Å². The monoisotopic (exact) mass is 446 g/mol. The van der Waals surface area contributed by atoms with E-state index in [1.807, 2.05) is 0 Å². The van der Waals surface area contributed by atoms with Gasteiger partial charge < -0.3 is 9.47 Å². The molecule has 0 atom stereocenters. The lowest BCUT2D eigenvalue weighted by Crippen LogP contribution is -2.28. The Balaban J connectivity index is 1.02. The fourth-order valence-electron chi connectivity index (χ4n) is 6.36. The molecule has 0 amide bonds. The van der Waals surface area contributed by atoms with Crippen LogP contribution >= 0.6 is 0 Å². The van der Waals surface area contributed by atoms with Crippen LogP contribution in [0.25, 0.3) is 0 Å². The minimum absolute atomic E-state index is 0.00432. The van der Waals surface area contributed by atoms with Crippen LogP contribution in [0.15, 0.2) is 12.1 Å². The number of hydrogen-bond donors (Lipinski definition) is 0. The summed E-state index contributed by atoms with van der Waals surface area (Å²) in [6, 6.07) is 3.03. The third-order valence-corrected chi connectivity index (χ3v) is 9.00. The van der Waals surface area contributed by atoms with E-state index < -0.39 is 11.6 Å². The van der Waals surface area contributed by atoms with E-state index in [0.717, 1.165) is 49.4 Å². The Bertz CT molecular complexity index is 742. The number of benzene rings is 1. The highest BCUT2D eigenvalue weighted by molar-refractivity contribution is 5.35. The van der Waals surface area contributed by atoms with Gasteiger partial charge in [-0.3, -0.25) is 0 Å². The zero-order valence-corrected chi connectivity index (χ0v) is 19.5. The van der Waals surface area contributed by atoms with Crippen LogP contribution in [0, 0.1) is 47.1 Å². The van der Waals surface area contributed by atoms with Crippen molar-refractivity contribution >= 4 is 0 Å². The lowest BCUT2D eigenvalue weighted by Gasteiger charge is -2.39. The quantitative estimate of drug-likeness (QED) is 0.383. The highest BCUT2D eigenvalue weighted by atomic mass is 19.2. The minimum Gasteiger partial charge on any atom is -0.490 e. The van der Waals surface area contributed by atoms with E-state index in [4.69, 9.17) is 9.47 Å². The highest BCUT2D eigenvalue weighted by Gasteiger charge is 2.32. The van der Waals surface area contributed by atoms with Crippen molar-refractivity contribution in [1.82, 2.24) is 0 Å². The standard InChI is InChI=1S/C28H40F2O2/c29-27-25(31-17-21-4-5-21)14-15-26(28(27)30)32-18-22-8-12-24(13-9-22)23-10-6-20(7-11-23)16-19-2-1-3-19/h14-15,19-24H,1-13,16-18H2. The average molecular weight is 447 g/mol. The van der Waals surface area contributed by atoms with Gasteiger partial charge in [0.25, 0.3) is 0 Å². The second kappa shape index (κ2) is 10.3. The predicted octanol–water partition coefficient (Wildman–Crippen LogP) is 7.94. The molecule has 4 aliphatic rings. The fourth-order valence-corrected chi connectivity index (χ4v) is 6.36. The van der Waals surface area contributed by atoms with Gasteiger partial charge in [-0.1, -0.05) is 32.1 Å². The summed E-state index contributed by atoms with van der Waals surface area (Å²) >= 11 is 0. The molecule has 0 heterocycles. The summed E-state index contributed by atoms with van der Waals surface area (Å²) < 4.78 is 39.9. The molecule has 4 heteroatoms. The highest BCUT2D eigenvalue weighted by Crippen LogP contribution is 2.44. The number of rotatable bonds is 9. The smallest absolute Gasteiger partial charge is 0.204 e. The Labute approximate surface area is 192 Å². The minimum atomic E-state index is -0.917. The maximum atomic E-state index is 14.4. The van der Waals surface area contributed by atoms with Gasteiger partial charge >= 0.3 is 0 Å². The van der Waals surface area contributed by atoms with Gasteiger partial charge in [-0.2, -0.15) is 8.78 Å². The summed E-state index contributed by atoms with van der Waals surface area (Å²) in [5.41, 5.74) is 0. The molecule has 178 valence electrons. The van der Waals surface area contributed by atoms with Crippen LogP contribution in [0.5, 0.6) is 11.5 Å². The van der Waals surface area contributed by atoms with Gasteiger partial charge in [0.1, 0.15) is 0 Å². The van der Waals surface area contributed by atoms with Crippen LogP contribution in [0.1, 0.15) is 89.9 Å². The van der Waals surface area contributed by atoms with Crippen molar-refractivity contribution in [3.8, 4) is 11.5 Å². The third kappa shape index (κ3) is 5.59. The van der Waals surface area contributed by atoms with Crippen molar-refractivity contribution in [2.75, 3.05) is 13.2 Å². The second-order valence-corrected chi connectivity index (χ2v) is 11.3. The summed E-state index contributed by atoms with van der Waals surface area (Å²) in [5, 5.41) is 0. The predicted molar refractivity (Wildman–Crippen MR) is 123 cm³/mol. The van der Waals surface area contributed by atoms with Crippen LogP contribution in [-0.2, 0) is 0 Å². The first kappa shape index (κ1) is 22.5. The molecule has 0 radical (unpaired) electrons. The Morgan fingerprint density at radius 2 is 0.969 bits per heavy atom. The van der Waals surface area contributed by atoms with E-state index >= 15 is 0 Å². The fraction of sp³-hybridized carbons (Fsp3) is 0.786. The van der Waals surface area contributed by atoms with E-state index in [0.29, 0.717) is 25.0 Å². The van der Waals surface area contributed by atoms with Crippen molar-refractivity contribution in [1.29, 1.82) is 0 Å². The molecule has 32 heavy (non-hydrogen) atoms. The van der Waals surface area contributed by atoms with Crippen molar-refractivity contribution in [3.63, 3.8) is 0 Å². The van der Waals surface area contributed by atoms with Crippen LogP contribution in [-0.4, -0.2) is 13.2 Å². The van der Waals surface area contributed by atoms with Crippen molar-refractivity contribution < 1.29 is 18.3 Å². The summed E-state index contributed by atoms with van der Waals surface area (Å²) in [6.45, 7) is 0.960. The van der Waals surface area contributed by atoms with E-state index in [-0.39, 0.29) is 11.5 Å². The molecule has 4 fully saturated rings. The first-order valence-corrected chi connectivity index (χ1v) is 13.4. The van der Waals surface area contributed by atoms with Crippen molar-refractivity contribution in [3.05, 3.63) is 23.8 Å². The molecule has 0 bridgehead atoms. The molecule has 2 nitrogen and oxygen atoms in total. The summed E-state index contributed by atoms with van der Waals surface area (Å²) in [4.78, 5) is 0. The Kier molecular flexibility index (Phi) is 7.23. The van der Waals surface area contributed by atoms with Crippen LogP contribution in [0.2, 0.25) is 0 Å². The Morgan fingerprint density at radius 3 is 1.38 bits per heavy atom. The molecule has 0 N–H and O–H groups in total. The lowest BCUT2D eigenvalue weighted by atomic mass is 9.67. The summed E-state index contributed by atoms with van der Waals surface area (Å²) in [5.74, 6) is 3.00. The molecular formula is C28H40F2O2. The van der Waals surface area contributed by atoms with Crippen LogP contribution in [0.4, 0.5) is 8.78 Å². The largest absolute Gasteiger partial charge is 0.490 e. The zero-order valence-electron chi connectivity index (χ0n) is 19.5. The number of hydrogen-bond acceptors (Lipinski definition) is 2. The SMILES string of the molecule is Fc1c(OCC2CC2)ccc(OCC2CCC(C3CCC(CC4CCC4)CC3)CC2)c1F. The molecule has 4 aliphatic carbocycles. The zero-order chi connectivity index (χ0) is 21.9. The van der Waals surface area contributed by atoms with Crippen LogP contribution < -0.4 is 9.47 Å². The molecule has 0 aromatic heterocycles. The second-order valence-electron chi connectivity index (χ2n) is 11.3. The number of ether oxygens (including phenoxy) is 2. The topological polar surface area (TPSA) is 18.5 Å². The van der Waals surface area contributed by atoms with Gasteiger partial charge in [0.05, 0.1) is 13.2 Å². The van der Waals surface area contributed by atoms with Gasteiger partial charge in [-0.05, 0) is 105 Å². The molecule has 5 rings (SSSR count). The van der Waals surface area contributed by atoms with Gasteiger partial charge in [-0.25, -0.2) is 0 Å². The van der Waals surface area contributed by atoms with Gasteiger partial charge in [0.15, 0.2) is 11.5 Å². The van der Waals surface area contributed by atoms with Crippen molar-refractivity contribution in [2.24, 2.45) is 35.5 Å². The Morgan fingerprint density at radius 1 is 0.562 bits per heavy atom. The van der Waals surface area contributed by atoms with E-state index in [9.17, 15) is 8.78 Å². The Hall–Kier alpha value is -1.32. The number of halogens is 2. The summed E-state index contributed by atoms with van der Waals surface area (Å²) in [7, 11) is 0. The molecule has 1 aromatic carbocycles. The molecule has 0 unspecified atom stereocenters. The normalized spacial score (nSPS) is 31.2. The molecular weight excluding hydrogens is 406 g/mol. The molecule has 0 saturated heterocycles. The lowest BCUT2D eigenvalue weighted by molar-refractivity contribution is 0.112. The van der Waals surface area contributed by atoms with Crippen molar-refractivity contribution in [2.45, 2.75) is 89.9 Å². The van der Waals surface area contributed by atoms with Gasteiger partial charge in [-0.15, -0.1) is 0 Å². The molecule has 0 spiro atoms. The average Bonchev–Trinajstić information content (AvgIpc) is 3.62. The van der Waals surface area contributed by atoms with Crippen LogP contribution in [0.3, 0.4) is 0 Å². The van der Waals surface area contributed by atoms with E-state index in [1.165, 1.54) is 76.3 Å². The van der Waals surface area contributed by atoms with Gasteiger partial charge in [0.2, 0.25) is 11.6 Å². The molecule has 1 aromatic rings. The maximum Gasteiger partial charge on any atom is 0.204 e. The summed E-state index contributed by atoms with van der Waals surface area (Å²) in [6.07, 6.45) is 18.8. The first-order chi connectivity index (χ1) is 15.7. The van der Waals surface area contributed by atoms with E-state index in [2.05, 4.69) is 0 Å².